The first-order valence-corrected chi connectivity index (χ1v) is 6.69. The second-order valence-corrected chi connectivity index (χ2v) is 5.76. The summed E-state index contributed by atoms with van der Waals surface area (Å²) in [6, 6.07) is 1.63. The molecule has 0 saturated carbocycles. The van der Waals surface area contributed by atoms with E-state index < -0.39 is 5.60 Å². The molecule has 0 spiro atoms. The summed E-state index contributed by atoms with van der Waals surface area (Å²) < 4.78 is 4.98. The number of hydrogen-bond acceptors (Lipinski definition) is 5. The number of methoxy groups -OCH3 is 1. The largest absolute Gasteiger partial charge is 0.388 e. The third-order valence-electron chi connectivity index (χ3n) is 2.51. The van der Waals surface area contributed by atoms with Crippen LogP contribution in [0.3, 0.4) is 0 Å². The van der Waals surface area contributed by atoms with Gasteiger partial charge in [-0.1, -0.05) is 25.4 Å². The molecule has 1 aromatic rings. The van der Waals surface area contributed by atoms with Crippen LogP contribution in [0.15, 0.2) is 6.07 Å². The van der Waals surface area contributed by atoms with Gasteiger partial charge in [-0.2, -0.15) is 0 Å². The molecule has 0 bridgehead atoms. The zero-order chi connectivity index (χ0) is 14.5. The van der Waals surface area contributed by atoms with E-state index in [1.54, 1.807) is 20.1 Å². The first-order valence-electron chi connectivity index (χ1n) is 6.31. The van der Waals surface area contributed by atoms with E-state index in [4.69, 9.17) is 16.3 Å². The zero-order valence-corrected chi connectivity index (χ0v) is 12.7. The van der Waals surface area contributed by atoms with Crippen molar-refractivity contribution in [1.29, 1.82) is 0 Å². The third kappa shape index (κ3) is 6.18. The number of nitrogens with zero attached hydrogens (tertiary/aromatic N) is 2. The predicted octanol–water partition coefficient (Wildman–Crippen LogP) is 2.49. The summed E-state index contributed by atoms with van der Waals surface area (Å²) in [5.74, 6) is 1.53. The van der Waals surface area contributed by atoms with E-state index in [1.807, 2.05) is 0 Å². The molecule has 1 heterocycles. The lowest BCUT2D eigenvalue weighted by atomic mass is 9.94. The van der Waals surface area contributed by atoms with Gasteiger partial charge in [0.05, 0.1) is 5.60 Å². The van der Waals surface area contributed by atoms with Crippen molar-refractivity contribution in [3.05, 3.63) is 17.0 Å². The van der Waals surface area contributed by atoms with Crippen LogP contribution in [0.5, 0.6) is 0 Å². The van der Waals surface area contributed by atoms with Crippen molar-refractivity contribution in [2.75, 3.05) is 19.0 Å². The van der Waals surface area contributed by atoms with Gasteiger partial charge in [-0.3, -0.25) is 0 Å². The van der Waals surface area contributed by atoms with E-state index in [0.29, 0.717) is 42.3 Å². The lowest BCUT2D eigenvalue weighted by Gasteiger charge is -2.25. The second-order valence-electron chi connectivity index (χ2n) is 5.37. The summed E-state index contributed by atoms with van der Waals surface area (Å²) in [6.07, 6.45) is 0.712. The van der Waals surface area contributed by atoms with Crippen LogP contribution in [0, 0.1) is 5.92 Å². The van der Waals surface area contributed by atoms with E-state index in [0.717, 1.165) is 0 Å². The molecular formula is C13H22ClN3O2. The Morgan fingerprint density at radius 1 is 1.47 bits per heavy atom. The topological polar surface area (TPSA) is 67.3 Å². The summed E-state index contributed by atoms with van der Waals surface area (Å²) in [5, 5.41) is 13.7. The molecule has 1 aromatic heterocycles. The van der Waals surface area contributed by atoms with Gasteiger partial charge in [-0.15, -0.1) is 0 Å². The van der Waals surface area contributed by atoms with Gasteiger partial charge in [-0.05, 0) is 19.3 Å². The predicted molar refractivity (Wildman–Crippen MR) is 76.3 cm³/mol. The Kier molecular flexibility index (Phi) is 5.97. The van der Waals surface area contributed by atoms with E-state index in [-0.39, 0.29) is 0 Å². The van der Waals surface area contributed by atoms with Crippen LogP contribution in [0.1, 0.15) is 33.0 Å². The molecule has 1 atom stereocenters. The van der Waals surface area contributed by atoms with E-state index in [2.05, 4.69) is 29.1 Å². The van der Waals surface area contributed by atoms with Gasteiger partial charge < -0.3 is 15.2 Å². The van der Waals surface area contributed by atoms with Gasteiger partial charge in [0, 0.05) is 19.7 Å². The summed E-state index contributed by atoms with van der Waals surface area (Å²) in [7, 11) is 1.57. The molecule has 0 aliphatic heterocycles. The maximum absolute atomic E-state index is 10.2. The van der Waals surface area contributed by atoms with Gasteiger partial charge in [0.15, 0.2) is 5.82 Å². The first-order chi connectivity index (χ1) is 8.82. The van der Waals surface area contributed by atoms with Gasteiger partial charge in [0.2, 0.25) is 0 Å². The Morgan fingerprint density at radius 2 is 2.16 bits per heavy atom. The number of aliphatic hydroxyl groups is 1. The Morgan fingerprint density at radius 3 is 2.74 bits per heavy atom. The van der Waals surface area contributed by atoms with Gasteiger partial charge >= 0.3 is 0 Å². The lowest BCUT2D eigenvalue weighted by Crippen LogP contribution is -2.35. The van der Waals surface area contributed by atoms with Crippen molar-refractivity contribution < 1.29 is 9.84 Å². The second kappa shape index (κ2) is 7.03. The molecule has 108 valence electrons. The summed E-state index contributed by atoms with van der Waals surface area (Å²) in [6.45, 7) is 6.67. The molecule has 0 amide bonds. The minimum atomic E-state index is -0.785. The molecule has 19 heavy (non-hydrogen) atoms. The fraction of sp³-hybridized carbons (Fsp3) is 0.692. The van der Waals surface area contributed by atoms with Crippen LogP contribution in [-0.2, 0) is 11.3 Å². The molecule has 1 rings (SSSR count). The van der Waals surface area contributed by atoms with Crippen LogP contribution >= 0.6 is 11.6 Å². The molecule has 1 unspecified atom stereocenters. The molecule has 0 aliphatic rings. The highest BCUT2D eigenvalue weighted by Crippen LogP contribution is 2.18. The summed E-state index contributed by atoms with van der Waals surface area (Å²) in [4.78, 5) is 8.31. The van der Waals surface area contributed by atoms with E-state index in [9.17, 15) is 5.11 Å². The summed E-state index contributed by atoms with van der Waals surface area (Å²) in [5.41, 5.74) is -0.785. The molecule has 6 heteroatoms. The normalized spacial score (nSPS) is 14.5. The van der Waals surface area contributed by atoms with Gasteiger partial charge in [0.25, 0.3) is 0 Å². The Bertz CT molecular complexity index is 411. The highest BCUT2D eigenvalue weighted by molar-refractivity contribution is 6.29. The number of nitrogens with one attached hydrogen (secondary N) is 1. The minimum absolute atomic E-state index is 0.303. The molecule has 2 N–H and O–H groups in total. The fourth-order valence-electron chi connectivity index (χ4n) is 1.98. The number of halogens is 1. The molecule has 0 fully saturated rings. The summed E-state index contributed by atoms with van der Waals surface area (Å²) >= 11 is 5.91. The van der Waals surface area contributed by atoms with Crippen molar-refractivity contribution in [3.8, 4) is 0 Å². The SMILES string of the molecule is COCc1nc(Cl)cc(NCC(C)(O)CC(C)C)n1. The average Bonchev–Trinajstić information content (AvgIpc) is 2.24. The molecule has 0 saturated heterocycles. The average molecular weight is 288 g/mol. The van der Waals surface area contributed by atoms with Crippen molar-refractivity contribution in [2.45, 2.75) is 39.4 Å². The Balaban J connectivity index is 2.66. The smallest absolute Gasteiger partial charge is 0.158 e. The van der Waals surface area contributed by atoms with Crippen molar-refractivity contribution in [3.63, 3.8) is 0 Å². The number of ether oxygens (including phenoxy) is 1. The quantitative estimate of drug-likeness (QED) is 0.754. The van der Waals surface area contributed by atoms with Crippen LogP contribution in [-0.4, -0.2) is 34.3 Å². The standard InChI is InChI=1S/C13H22ClN3O2/c1-9(2)6-13(3,18)8-15-11-5-10(14)16-12(17-11)7-19-4/h5,9,18H,6-8H2,1-4H3,(H,15,16,17). The number of rotatable bonds is 7. The molecule has 5 nitrogen and oxygen atoms in total. The Hall–Kier alpha value is -0.910. The molecule has 0 aromatic carbocycles. The van der Waals surface area contributed by atoms with Crippen LogP contribution in [0.2, 0.25) is 5.15 Å². The van der Waals surface area contributed by atoms with Gasteiger partial charge in [0.1, 0.15) is 17.6 Å². The zero-order valence-electron chi connectivity index (χ0n) is 11.9. The number of aromatic nitrogens is 2. The maximum Gasteiger partial charge on any atom is 0.158 e. The van der Waals surface area contributed by atoms with Crippen molar-refractivity contribution in [1.82, 2.24) is 9.97 Å². The van der Waals surface area contributed by atoms with Crippen LogP contribution in [0.4, 0.5) is 5.82 Å². The molecule has 0 radical (unpaired) electrons. The lowest BCUT2D eigenvalue weighted by molar-refractivity contribution is 0.0514. The highest BCUT2D eigenvalue weighted by atomic mass is 35.5. The first kappa shape index (κ1) is 16.1. The van der Waals surface area contributed by atoms with E-state index >= 15 is 0 Å². The third-order valence-corrected chi connectivity index (χ3v) is 2.71. The fourth-order valence-corrected chi connectivity index (χ4v) is 2.18. The Labute approximate surface area is 119 Å². The van der Waals surface area contributed by atoms with Crippen molar-refractivity contribution in [2.24, 2.45) is 5.92 Å². The maximum atomic E-state index is 10.2. The number of hydrogen-bond donors (Lipinski definition) is 2. The molecule has 0 aliphatic carbocycles. The minimum Gasteiger partial charge on any atom is -0.388 e. The molecular weight excluding hydrogens is 266 g/mol. The van der Waals surface area contributed by atoms with Crippen LogP contribution in [0.25, 0.3) is 0 Å². The number of anilines is 1. The highest BCUT2D eigenvalue weighted by Gasteiger charge is 2.21. The van der Waals surface area contributed by atoms with Gasteiger partial charge in [-0.25, -0.2) is 9.97 Å². The van der Waals surface area contributed by atoms with E-state index in [1.165, 1.54) is 0 Å². The monoisotopic (exact) mass is 287 g/mol. The van der Waals surface area contributed by atoms with Crippen LogP contribution < -0.4 is 5.32 Å². The van der Waals surface area contributed by atoms with Crippen molar-refractivity contribution >= 4 is 17.4 Å².